The Morgan fingerprint density at radius 3 is 1.68 bits per heavy atom. The standard InChI is InChI=1S/C22H16N2O4/c1-14-12-16(4-7-18(14)24-21(27)10-11-22(24)28)13-15-2-5-17(6-3-15)23-19(25)8-9-20(23)26/h2-12H,13H2,1H3. The van der Waals surface area contributed by atoms with Crippen LogP contribution in [-0.4, -0.2) is 23.6 Å². The number of amides is 4. The van der Waals surface area contributed by atoms with Gasteiger partial charge in [-0.3, -0.25) is 19.2 Å². The molecule has 2 heterocycles. The number of carbonyl (C=O) groups is 4. The Labute approximate surface area is 161 Å². The summed E-state index contributed by atoms with van der Waals surface area (Å²) in [5.41, 5.74) is 3.99. The van der Waals surface area contributed by atoms with Crippen LogP contribution in [0, 0.1) is 6.92 Å². The van der Waals surface area contributed by atoms with Crippen molar-refractivity contribution in [3.8, 4) is 0 Å². The first-order chi connectivity index (χ1) is 13.4. The summed E-state index contributed by atoms with van der Waals surface area (Å²) in [7, 11) is 0. The van der Waals surface area contributed by atoms with Gasteiger partial charge in [-0.1, -0.05) is 24.3 Å². The topological polar surface area (TPSA) is 74.8 Å². The summed E-state index contributed by atoms with van der Waals surface area (Å²) in [6.45, 7) is 1.86. The summed E-state index contributed by atoms with van der Waals surface area (Å²) in [6.07, 6.45) is 5.69. The van der Waals surface area contributed by atoms with Crippen LogP contribution in [-0.2, 0) is 25.6 Å². The molecule has 0 spiro atoms. The third-order valence-corrected chi connectivity index (χ3v) is 4.72. The minimum atomic E-state index is -0.343. The van der Waals surface area contributed by atoms with Crippen molar-refractivity contribution in [2.24, 2.45) is 0 Å². The quantitative estimate of drug-likeness (QED) is 0.773. The lowest BCUT2D eigenvalue weighted by atomic mass is 10.0. The van der Waals surface area contributed by atoms with Gasteiger partial charge in [0, 0.05) is 24.3 Å². The predicted octanol–water partition coefficient (Wildman–Crippen LogP) is 2.44. The number of benzene rings is 2. The number of imide groups is 2. The van der Waals surface area contributed by atoms with Crippen molar-refractivity contribution in [3.63, 3.8) is 0 Å². The zero-order valence-electron chi connectivity index (χ0n) is 15.1. The molecule has 2 aliphatic heterocycles. The number of nitrogens with zero attached hydrogens (tertiary/aromatic N) is 2. The number of hydrogen-bond donors (Lipinski definition) is 0. The highest BCUT2D eigenvalue weighted by Gasteiger charge is 2.26. The first-order valence-corrected chi connectivity index (χ1v) is 8.75. The Bertz CT molecular complexity index is 1040. The molecule has 0 bridgehead atoms. The van der Waals surface area contributed by atoms with Crippen molar-refractivity contribution < 1.29 is 19.2 Å². The largest absolute Gasteiger partial charge is 0.269 e. The van der Waals surface area contributed by atoms with Crippen molar-refractivity contribution >= 4 is 35.0 Å². The summed E-state index contributed by atoms with van der Waals surface area (Å²) >= 11 is 0. The molecule has 0 aliphatic carbocycles. The summed E-state index contributed by atoms with van der Waals surface area (Å²) < 4.78 is 0. The van der Waals surface area contributed by atoms with Gasteiger partial charge < -0.3 is 0 Å². The third kappa shape index (κ3) is 3.05. The van der Waals surface area contributed by atoms with Crippen LogP contribution in [0.4, 0.5) is 11.4 Å². The fourth-order valence-corrected chi connectivity index (χ4v) is 3.37. The summed E-state index contributed by atoms with van der Waals surface area (Å²) in [4.78, 5) is 49.5. The molecule has 0 unspecified atom stereocenters. The Kier molecular flexibility index (Phi) is 4.24. The molecule has 28 heavy (non-hydrogen) atoms. The second-order valence-electron chi connectivity index (χ2n) is 6.65. The molecule has 2 aromatic carbocycles. The van der Waals surface area contributed by atoms with E-state index < -0.39 is 0 Å². The summed E-state index contributed by atoms with van der Waals surface area (Å²) in [6, 6.07) is 12.8. The molecule has 0 N–H and O–H groups in total. The van der Waals surface area contributed by atoms with E-state index in [1.807, 2.05) is 31.2 Å². The molecule has 6 heteroatoms. The summed E-state index contributed by atoms with van der Waals surface area (Å²) in [5, 5.41) is 0. The first kappa shape index (κ1) is 17.6. The maximum absolute atomic E-state index is 11.9. The van der Waals surface area contributed by atoms with E-state index in [0.29, 0.717) is 17.8 Å². The molecule has 2 aromatic rings. The molecule has 0 aromatic heterocycles. The lowest BCUT2D eigenvalue weighted by Crippen LogP contribution is -2.30. The fraction of sp³-hybridized carbons (Fsp3) is 0.0909. The Morgan fingerprint density at radius 1 is 0.643 bits per heavy atom. The third-order valence-electron chi connectivity index (χ3n) is 4.72. The monoisotopic (exact) mass is 372 g/mol. The average molecular weight is 372 g/mol. The number of hydrogen-bond acceptors (Lipinski definition) is 4. The highest BCUT2D eigenvalue weighted by molar-refractivity contribution is 6.28. The zero-order valence-corrected chi connectivity index (χ0v) is 15.1. The van der Waals surface area contributed by atoms with E-state index >= 15 is 0 Å². The van der Waals surface area contributed by atoms with Gasteiger partial charge in [0.1, 0.15) is 0 Å². The van der Waals surface area contributed by atoms with Gasteiger partial charge in [-0.15, -0.1) is 0 Å². The number of anilines is 2. The molecule has 4 amide bonds. The second kappa shape index (κ2) is 6.74. The predicted molar refractivity (Wildman–Crippen MR) is 104 cm³/mol. The second-order valence-corrected chi connectivity index (χ2v) is 6.65. The average Bonchev–Trinajstić information content (AvgIpc) is 3.18. The number of aryl methyl sites for hydroxylation is 1. The zero-order chi connectivity index (χ0) is 19.8. The van der Waals surface area contributed by atoms with Gasteiger partial charge in [-0.2, -0.15) is 0 Å². The highest BCUT2D eigenvalue weighted by Crippen LogP contribution is 2.26. The molecule has 0 radical (unpaired) electrons. The smallest absolute Gasteiger partial charge is 0.258 e. The molecule has 6 nitrogen and oxygen atoms in total. The lowest BCUT2D eigenvalue weighted by Gasteiger charge is -2.17. The maximum Gasteiger partial charge on any atom is 0.258 e. The van der Waals surface area contributed by atoms with Crippen LogP contribution in [0.25, 0.3) is 0 Å². The van der Waals surface area contributed by atoms with Crippen LogP contribution in [0.15, 0.2) is 66.8 Å². The molecule has 0 saturated heterocycles. The van der Waals surface area contributed by atoms with Gasteiger partial charge in [0.2, 0.25) is 0 Å². The van der Waals surface area contributed by atoms with Crippen LogP contribution < -0.4 is 9.80 Å². The fourth-order valence-electron chi connectivity index (χ4n) is 3.37. The van der Waals surface area contributed by atoms with Crippen molar-refractivity contribution in [2.75, 3.05) is 9.80 Å². The van der Waals surface area contributed by atoms with E-state index in [0.717, 1.165) is 26.5 Å². The minimum absolute atomic E-state index is 0.336. The normalized spacial score (nSPS) is 16.0. The van der Waals surface area contributed by atoms with E-state index in [2.05, 4.69) is 0 Å². The van der Waals surface area contributed by atoms with E-state index in [-0.39, 0.29) is 23.6 Å². The molecular formula is C22H16N2O4. The Morgan fingerprint density at radius 2 is 1.14 bits per heavy atom. The number of rotatable bonds is 4. The van der Waals surface area contributed by atoms with Crippen LogP contribution in [0.1, 0.15) is 16.7 Å². The van der Waals surface area contributed by atoms with Gasteiger partial charge in [0.15, 0.2) is 0 Å². The maximum atomic E-state index is 11.9. The van der Waals surface area contributed by atoms with E-state index in [4.69, 9.17) is 0 Å². The van der Waals surface area contributed by atoms with Crippen molar-refractivity contribution in [2.45, 2.75) is 13.3 Å². The van der Waals surface area contributed by atoms with Crippen LogP contribution in [0.3, 0.4) is 0 Å². The molecular weight excluding hydrogens is 356 g/mol. The van der Waals surface area contributed by atoms with Gasteiger partial charge in [-0.05, 0) is 48.2 Å². The van der Waals surface area contributed by atoms with Crippen LogP contribution in [0.5, 0.6) is 0 Å². The minimum Gasteiger partial charge on any atom is -0.269 e. The van der Waals surface area contributed by atoms with Crippen LogP contribution >= 0.6 is 0 Å². The van der Waals surface area contributed by atoms with Crippen molar-refractivity contribution in [3.05, 3.63) is 83.5 Å². The first-order valence-electron chi connectivity index (χ1n) is 8.75. The molecule has 0 fully saturated rings. The Balaban J connectivity index is 1.51. The van der Waals surface area contributed by atoms with E-state index in [9.17, 15) is 19.2 Å². The van der Waals surface area contributed by atoms with E-state index in [1.165, 1.54) is 24.3 Å². The van der Waals surface area contributed by atoms with E-state index in [1.54, 1.807) is 18.2 Å². The van der Waals surface area contributed by atoms with Crippen molar-refractivity contribution in [1.82, 2.24) is 0 Å². The molecule has 0 saturated carbocycles. The van der Waals surface area contributed by atoms with Gasteiger partial charge in [-0.25, -0.2) is 9.80 Å². The number of carbonyl (C=O) groups excluding carboxylic acids is 4. The van der Waals surface area contributed by atoms with Crippen molar-refractivity contribution in [1.29, 1.82) is 0 Å². The van der Waals surface area contributed by atoms with Gasteiger partial charge in [0.05, 0.1) is 11.4 Å². The van der Waals surface area contributed by atoms with Gasteiger partial charge >= 0.3 is 0 Å². The lowest BCUT2D eigenvalue weighted by molar-refractivity contribution is -0.121. The highest BCUT2D eigenvalue weighted by atomic mass is 16.2. The van der Waals surface area contributed by atoms with Crippen LogP contribution in [0.2, 0.25) is 0 Å². The summed E-state index contributed by atoms with van der Waals surface area (Å²) in [5.74, 6) is -1.36. The Hall–Kier alpha value is -3.80. The molecule has 4 rings (SSSR count). The van der Waals surface area contributed by atoms with Gasteiger partial charge in [0.25, 0.3) is 23.6 Å². The molecule has 2 aliphatic rings. The molecule has 138 valence electrons. The SMILES string of the molecule is Cc1cc(Cc2ccc(N3C(=O)C=CC3=O)cc2)ccc1N1C(=O)C=CC1=O. The molecule has 0 atom stereocenters.